The molecule has 2 N–H and O–H groups in total. The fourth-order valence-electron chi connectivity index (χ4n) is 4.33. The number of anilines is 1. The van der Waals surface area contributed by atoms with Crippen molar-refractivity contribution in [1.82, 2.24) is 15.5 Å². The molecule has 154 valence electrons. The summed E-state index contributed by atoms with van der Waals surface area (Å²) in [5, 5.41) is 17.4. The molecule has 5 rings (SSSR count). The number of rotatable bonds is 6. The van der Waals surface area contributed by atoms with Crippen molar-refractivity contribution in [3.8, 4) is 10.6 Å². The number of hydrogen-bond acceptors (Lipinski definition) is 5. The number of allylic oxidation sites excluding steroid dienone is 1. The molecule has 1 saturated heterocycles. The number of fused-ring (bicyclic) bond motifs is 1. The molecule has 0 bridgehead atoms. The van der Waals surface area contributed by atoms with Crippen LogP contribution in [0.4, 0.5) is 9.52 Å². The topological polar surface area (TPSA) is 49.8 Å². The second kappa shape index (κ2) is 8.66. The Hall–Kier alpha value is -2.57. The minimum atomic E-state index is -0.183. The van der Waals surface area contributed by atoms with Gasteiger partial charge < -0.3 is 10.6 Å². The van der Waals surface area contributed by atoms with Gasteiger partial charge in [-0.15, -0.1) is 10.2 Å². The Balaban J connectivity index is 1.30. The zero-order valence-corrected chi connectivity index (χ0v) is 17.6. The Kier molecular flexibility index (Phi) is 5.60. The van der Waals surface area contributed by atoms with E-state index in [4.69, 9.17) is 0 Å². The van der Waals surface area contributed by atoms with Crippen LogP contribution in [0.3, 0.4) is 0 Å². The van der Waals surface area contributed by atoms with Crippen molar-refractivity contribution >= 4 is 22.0 Å². The van der Waals surface area contributed by atoms with Crippen LogP contribution < -0.4 is 10.6 Å². The molecule has 0 saturated carbocycles. The Labute approximate surface area is 180 Å². The third-order valence-corrected chi connectivity index (χ3v) is 6.87. The molecule has 0 unspecified atom stereocenters. The van der Waals surface area contributed by atoms with Crippen LogP contribution in [0.15, 0.2) is 48.5 Å². The highest BCUT2D eigenvalue weighted by molar-refractivity contribution is 7.18. The third kappa shape index (κ3) is 4.02. The van der Waals surface area contributed by atoms with E-state index in [1.165, 1.54) is 30.9 Å². The lowest BCUT2D eigenvalue weighted by Crippen LogP contribution is -2.35. The average molecular weight is 421 g/mol. The quantitative estimate of drug-likeness (QED) is 0.570. The van der Waals surface area contributed by atoms with Gasteiger partial charge in [-0.25, -0.2) is 4.39 Å². The largest absolute Gasteiger partial charge is 0.360 e. The zero-order chi connectivity index (χ0) is 20.3. The molecular weight excluding hydrogens is 395 g/mol. The van der Waals surface area contributed by atoms with Crippen LogP contribution in [0, 0.1) is 5.82 Å². The first-order valence-electron chi connectivity index (χ1n) is 10.7. The van der Waals surface area contributed by atoms with E-state index in [1.807, 2.05) is 12.1 Å². The number of nitrogens with one attached hydrogen (secondary N) is 2. The summed E-state index contributed by atoms with van der Waals surface area (Å²) in [4.78, 5) is 0. The van der Waals surface area contributed by atoms with Gasteiger partial charge in [0.2, 0.25) is 5.13 Å². The molecule has 1 aliphatic carbocycles. The minimum absolute atomic E-state index is 0.183. The van der Waals surface area contributed by atoms with Gasteiger partial charge in [0, 0.05) is 23.7 Å². The molecule has 3 aromatic rings. The molecule has 4 nitrogen and oxygen atoms in total. The minimum Gasteiger partial charge on any atom is -0.360 e. The molecule has 6 heteroatoms. The van der Waals surface area contributed by atoms with Crippen molar-refractivity contribution in [3.05, 3.63) is 71.0 Å². The second-order valence-electron chi connectivity index (χ2n) is 7.95. The predicted octanol–water partition coefficient (Wildman–Crippen LogP) is 5.28. The molecular formula is C24H25FN4S. The highest BCUT2D eigenvalue weighted by atomic mass is 32.1. The van der Waals surface area contributed by atoms with Crippen molar-refractivity contribution in [3.63, 3.8) is 0 Å². The molecule has 2 heterocycles. The first-order chi connectivity index (χ1) is 14.8. The van der Waals surface area contributed by atoms with E-state index in [0.29, 0.717) is 11.6 Å². The Bertz CT molecular complexity index is 1070. The summed E-state index contributed by atoms with van der Waals surface area (Å²) in [5.41, 5.74) is 4.96. The van der Waals surface area contributed by atoms with Crippen LogP contribution in [-0.2, 0) is 6.42 Å². The van der Waals surface area contributed by atoms with Crippen LogP contribution in [0.1, 0.15) is 42.4 Å². The highest BCUT2D eigenvalue weighted by Gasteiger charge is 2.20. The summed E-state index contributed by atoms with van der Waals surface area (Å²) in [6, 6.07) is 13.9. The Morgan fingerprint density at radius 3 is 2.90 bits per heavy atom. The van der Waals surface area contributed by atoms with Crippen molar-refractivity contribution < 1.29 is 4.39 Å². The summed E-state index contributed by atoms with van der Waals surface area (Å²) in [5.74, 6) is -0.183. The van der Waals surface area contributed by atoms with Gasteiger partial charge in [-0.2, -0.15) is 0 Å². The molecule has 1 aromatic heterocycles. The number of nitrogens with zero attached hydrogens (tertiary/aromatic N) is 2. The van der Waals surface area contributed by atoms with Crippen LogP contribution in [0.25, 0.3) is 16.1 Å². The summed E-state index contributed by atoms with van der Waals surface area (Å²) in [7, 11) is 0. The zero-order valence-electron chi connectivity index (χ0n) is 16.8. The van der Waals surface area contributed by atoms with E-state index in [-0.39, 0.29) is 5.82 Å². The maximum Gasteiger partial charge on any atom is 0.206 e. The molecule has 30 heavy (non-hydrogen) atoms. The van der Waals surface area contributed by atoms with Crippen LogP contribution in [0.2, 0.25) is 0 Å². The molecule has 2 aliphatic rings. The lowest BCUT2D eigenvalue weighted by atomic mass is 9.97. The number of hydrogen-bond donors (Lipinski definition) is 2. The fourth-order valence-corrected chi connectivity index (χ4v) is 5.10. The number of benzene rings is 2. The summed E-state index contributed by atoms with van der Waals surface area (Å²) >= 11 is 1.57. The number of aromatic nitrogens is 2. The molecule has 0 amide bonds. The lowest BCUT2D eigenvalue weighted by Gasteiger charge is -2.23. The average Bonchev–Trinajstić information content (AvgIpc) is 3.42. The smallest absolute Gasteiger partial charge is 0.206 e. The Morgan fingerprint density at radius 1 is 1.10 bits per heavy atom. The molecule has 2 aromatic carbocycles. The van der Waals surface area contributed by atoms with Crippen LogP contribution >= 0.6 is 11.3 Å². The number of halogens is 1. The molecule has 1 fully saturated rings. The van der Waals surface area contributed by atoms with Crippen LogP contribution in [-0.4, -0.2) is 29.3 Å². The van der Waals surface area contributed by atoms with E-state index < -0.39 is 0 Å². The second-order valence-corrected chi connectivity index (χ2v) is 8.93. The van der Waals surface area contributed by atoms with E-state index in [9.17, 15) is 4.39 Å². The van der Waals surface area contributed by atoms with Gasteiger partial charge in [-0.3, -0.25) is 0 Å². The fraction of sp³-hybridized carbons (Fsp3) is 0.333. The molecule has 1 aliphatic heterocycles. The van der Waals surface area contributed by atoms with Gasteiger partial charge in [-0.1, -0.05) is 54.2 Å². The first kappa shape index (κ1) is 19.4. The standard InChI is InChI=1S/C24H25FN4S/c25-22-7-2-1-6-20(22)19-11-10-16-8-9-17(15-21(16)19)23-28-29-24(30-23)27-14-12-18-5-3-4-13-26-18/h1-2,6-9,11,15,18,26H,3-5,10,12-14H2,(H,27,29)/t18-/m1/s1. The maximum absolute atomic E-state index is 14.3. The molecule has 1 atom stereocenters. The van der Waals surface area contributed by atoms with E-state index in [0.717, 1.165) is 52.8 Å². The van der Waals surface area contributed by atoms with Gasteiger partial charge in [0.1, 0.15) is 10.8 Å². The summed E-state index contributed by atoms with van der Waals surface area (Å²) in [6.45, 7) is 2.03. The van der Waals surface area contributed by atoms with Gasteiger partial charge >= 0.3 is 0 Å². The van der Waals surface area contributed by atoms with Crippen molar-refractivity contribution in [1.29, 1.82) is 0 Å². The Morgan fingerprint density at radius 2 is 2.03 bits per heavy atom. The maximum atomic E-state index is 14.3. The van der Waals surface area contributed by atoms with Gasteiger partial charge in [0.25, 0.3) is 0 Å². The normalized spacial score (nSPS) is 18.2. The monoisotopic (exact) mass is 420 g/mol. The van der Waals surface area contributed by atoms with Gasteiger partial charge in [-0.05, 0) is 61.1 Å². The lowest BCUT2D eigenvalue weighted by molar-refractivity contribution is 0.389. The molecule has 0 radical (unpaired) electrons. The van der Waals surface area contributed by atoms with Crippen molar-refractivity contribution in [2.24, 2.45) is 0 Å². The summed E-state index contributed by atoms with van der Waals surface area (Å²) in [6.07, 6.45) is 7.91. The van der Waals surface area contributed by atoms with E-state index >= 15 is 0 Å². The van der Waals surface area contributed by atoms with Gasteiger partial charge in [0.05, 0.1) is 0 Å². The highest BCUT2D eigenvalue weighted by Crippen LogP contribution is 2.37. The van der Waals surface area contributed by atoms with Crippen molar-refractivity contribution in [2.75, 3.05) is 18.4 Å². The van der Waals surface area contributed by atoms with Crippen LogP contribution in [0.5, 0.6) is 0 Å². The van der Waals surface area contributed by atoms with E-state index in [2.05, 4.69) is 45.1 Å². The third-order valence-electron chi connectivity index (χ3n) is 5.94. The van der Waals surface area contributed by atoms with Gasteiger partial charge in [0.15, 0.2) is 0 Å². The number of piperidine rings is 1. The van der Waals surface area contributed by atoms with E-state index in [1.54, 1.807) is 17.4 Å². The summed E-state index contributed by atoms with van der Waals surface area (Å²) < 4.78 is 14.3. The molecule has 0 spiro atoms. The first-order valence-corrected chi connectivity index (χ1v) is 11.5. The predicted molar refractivity (Wildman–Crippen MR) is 121 cm³/mol. The SMILES string of the molecule is Fc1ccccc1C1=CCc2ccc(-c3nnc(NCC[C@H]4CCCCN4)s3)cc21. The van der Waals surface area contributed by atoms with Crippen molar-refractivity contribution in [2.45, 2.75) is 38.1 Å².